The van der Waals surface area contributed by atoms with Gasteiger partial charge in [-0.25, -0.2) is 9.97 Å². The SMILES string of the molecule is COc1ccc(-c2c(-c3ccccc3)oc3ncnc(O[C@@H]4CCN(C)[C@H](CCC(=O)O)C4)c23)cc1. The molecule has 0 spiro atoms. The molecule has 1 fully saturated rings. The van der Waals surface area contributed by atoms with Gasteiger partial charge in [-0.1, -0.05) is 42.5 Å². The van der Waals surface area contributed by atoms with Crippen molar-refractivity contribution in [3.63, 3.8) is 0 Å². The minimum atomic E-state index is -0.778. The molecule has 1 aliphatic heterocycles. The van der Waals surface area contributed by atoms with Crippen LogP contribution in [0.15, 0.2) is 65.3 Å². The van der Waals surface area contributed by atoms with Crippen molar-refractivity contribution in [2.24, 2.45) is 0 Å². The van der Waals surface area contributed by atoms with Gasteiger partial charge in [0.15, 0.2) is 0 Å². The lowest BCUT2D eigenvalue weighted by molar-refractivity contribution is -0.137. The molecule has 1 aliphatic rings. The minimum Gasteiger partial charge on any atom is -0.497 e. The maximum atomic E-state index is 11.1. The number of aromatic nitrogens is 2. The number of carbonyl (C=O) groups is 1. The predicted octanol–water partition coefficient (Wildman–Crippen LogP) is 5.27. The van der Waals surface area contributed by atoms with Crippen molar-refractivity contribution < 1.29 is 23.8 Å². The van der Waals surface area contributed by atoms with E-state index in [9.17, 15) is 4.79 Å². The Hall–Kier alpha value is -3.91. The summed E-state index contributed by atoms with van der Waals surface area (Å²) in [5.74, 6) is 1.16. The van der Waals surface area contributed by atoms with E-state index in [1.54, 1.807) is 7.11 Å². The molecule has 0 unspecified atom stereocenters. The summed E-state index contributed by atoms with van der Waals surface area (Å²) in [6.07, 6.45) is 3.67. The molecule has 0 amide bonds. The van der Waals surface area contributed by atoms with Gasteiger partial charge in [0.1, 0.15) is 29.3 Å². The molecule has 0 radical (unpaired) electrons. The molecule has 3 heterocycles. The molecule has 1 saturated heterocycles. The second-order valence-corrected chi connectivity index (χ2v) is 9.09. The summed E-state index contributed by atoms with van der Waals surface area (Å²) >= 11 is 0. The zero-order chi connectivity index (χ0) is 25.1. The molecule has 0 bridgehead atoms. The summed E-state index contributed by atoms with van der Waals surface area (Å²) in [6.45, 7) is 0.829. The normalized spacial score (nSPS) is 18.3. The van der Waals surface area contributed by atoms with Gasteiger partial charge in [-0.05, 0) is 44.0 Å². The number of carboxylic acids is 1. The number of hydrogen-bond acceptors (Lipinski definition) is 7. The lowest BCUT2D eigenvalue weighted by atomic mass is 9.96. The first-order valence-corrected chi connectivity index (χ1v) is 12.1. The van der Waals surface area contributed by atoms with E-state index in [0.29, 0.717) is 23.8 Å². The number of nitrogens with zero attached hydrogens (tertiary/aromatic N) is 3. The third-order valence-electron chi connectivity index (χ3n) is 6.80. The van der Waals surface area contributed by atoms with E-state index < -0.39 is 5.97 Å². The van der Waals surface area contributed by atoms with Gasteiger partial charge in [0.25, 0.3) is 0 Å². The fourth-order valence-corrected chi connectivity index (χ4v) is 4.85. The van der Waals surface area contributed by atoms with Crippen molar-refractivity contribution in [1.29, 1.82) is 0 Å². The zero-order valence-electron chi connectivity index (χ0n) is 20.4. The van der Waals surface area contributed by atoms with Crippen LogP contribution in [-0.2, 0) is 4.79 Å². The third-order valence-corrected chi connectivity index (χ3v) is 6.80. The number of rotatable bonds is 8. The Morgan fingerprint density at radius 3 is 2.61 bits per heavy atom. The van der Waals surface area contributed by atoms with Crippen LogP contribution in [0.5, 0.6) is 11.6 Å². The Morgan fingerprint density at radius 1 is 1.11 bits per heavy atom. The highest BCUT2D eigenvalue weighted by Crippen LogP contribution is 2.44. The number of hydrogen-bond donors (Lipinski definition) is 1. The van der Waals surface area contributed by atoms with Crippen LogP contribution < -0.4 is 9.47 Å². The van der Waals surface area contributed by atoms with Crippen LogP contribution in [-0.4, -0.2) is 58.8 Å². The fraction of sp³-hybridized carbons (Fsp3) is 0.321. The average Bonchev–Trinajstić information content (AvgIpc) is 3.30. The predicted molar refractivity (Wildman–Crippen MR) is 136 cm³/mol. The van der Waals surface area contributed by atoms with Gasteiger partial charge in [-0.3, -0.25) is 4.79 Å². The first-order valence-electron chi connectivity index (χ1n) is 12.1. The van der Waals surface area contributed by atoms with E-state index in [0.717, 1.165) is 47.2 Å². The summed E-state index contributed by atoms with van der Waals surface area (Å²) in [6, 6.07) is 17.9. The van der Waals surface area contributed by atoms with Crippen molar-refractivity contribution in [1.82, 2.24) is 14.9 Å². The van der Waals surface area contributed by atoms with Gasteiger partial charge >= 0.3 is 5.97 Å². The maximum Gasteiger partial charge on any atom is 0.303 e. The van der Waals surface area contributed by atoms with Crippen LogP contribution in [0.3, 0.4) is 0 Å². The number of methoxy groups -OCH3 is 1. The van der Waals surface area contributed by atoms with Crippen molar-refractivity contribution in [3.8, 4) is 34.1 Å². The van der Waals surface area contributed by atoms with Gasteiger partial charge in [-0.2, -0.15) is 0 Å². The van der Waals surface area contributed by atoms with Gasteiger partial charge in [0, 0.05) is 30.1 Å². The molecule has 0 saturated carbocycles. The number of piperidine rings is 1. The van der Waals surface area contributed by atoms with E-state index in [4.69, 9.17) is 19.0 Å². The number of likely N-dealkylation sites (tertiary alicyclic amines) is 1. The first-order chi connectivity index (χ1) is 17.5. The van der Waals surface area contributed by atoms with Crippen molar-refractivity contribution in [2.75, 3.05) is 20.7 Å². The molecule has 1 N–H and O–H groups in total. The Bertz CT molecular complexity index is 1340. The van der Waals surface area contributed by atoms with Crippen molar-refractivity contribution >= 4 is 17.1 Å². The molecule has 4 aromatic rings. The van der Waals surface area contributed by atoms with Crippen molar-refractivity contribution in [3.05, 3.63) is 60.9 Å². The highest BCUT2D eigenvalue weighted by atomic mass is 16.5. The quantitative estimate of drug-likeness (QED) is 0.359. The largest absolute Gasteiger partial charge is 0.497 e. The monoisotopic (exact) mass is 487 g/mol. The number of ether oxygens (including phenoxy) is 2. The molecule has 36 heavy (non-hydrogen) atoms. The number of aliphatic carboxylic acids is 1. The standard InChI is InChI=1S/C28H29N3O5/c1-31-15-14-22(16-20(31)10-13-23(32)33)35-27-25-24(18-8-11-21(34-2)12-9-18)26(19-6-4-3-5-7-19)36-28(25)30-17-29-27/h3-9,11-12,17,20,22H,10,13-16H2,1-2H3,(H,32,33)/t20-,22-/m1/s1. The summed E-state index contributed by atoms with van der Waals surface area (Å²) < 4.78 is 18.1. The molecule has 2 atom stereocenters. The lowest BCUT2D eigenvalue weighted by Gasteiger charge is -2.36. The number of benzene rings is 2. The average molecular weight is 488 g/mol. The highest BCUT2D eigenvalue weighted by Gasteiger charge is 2.30. The number of carboxylic acid groups (broad SMARTS) is 1. The van der Waals surface area contributed by atoms with Gasteiger partial charge in [-0.15, -0.1) is 0 Å². The molecular weight excluding hydrogens is 458 g/mol. The van der Waals surface area contributed by atoms with E-state index in [2.05, 4.69) is 14.9 Å². The summed E-state index contributed by atoms with van der Waals surface area (Å²) in [7, 11) is 3.68. The summed E-state index contributed by atoms with van der Waals surface area (Å²) in [4.78, 5) is 22.3. The smallest absolute Gasteiger partial charge is 0.303 e. The van der Waals surface area contributed by atoms with E-state index in [1.807, 2.05) is 61.6 Å². The number of furan rings is 1. The molecule has 186 valence electrons. The van der Waals surface area contributed by atoms with Crippen LogP contribution in [0.2, 0.25) is 0 Å². The third kappa shape index (κ3) is 4.90. The Labute approximate surface area is 209 Å². The van der Waals surface area contributed by atoms with Crippen LogP contribution in [0.4, 0.5) is 0 Å². The molecule has 8 heteroatoms. The Morgan fingerprint density at radius 2 is 1.89 bits per heavy atom. The van der Waals surface area contributed by atoms with Crippen LogP contribution in [0.1, 0.15) is 25.7 Å². The maximum absolute atomic E-state index is 11.1. The zero-order valence-corrected chi connectivity index (χ0v) is 20.4. The van der Waals surface area contributed by atoms with Gasteiger partial charge < -0.3 is 23.9 Å². The number of fused-ring (bicyclic) bond motifs is 1. The Kier molecular flexibility index (Phi) is 6.86. The molecule has 8 nitrogen and oxygen atoms in total. The van der Waals surface area contributed by atoms with Crippen molar-refractivity contribution in [2.45, 2.75) is 37.8 Å². The fourth-order valence-electron chi connectivity index (χ4n) is 4.85. The molecule has 2 aromatic heterocycles. The highest BCUT2D eigenvalue weighted by molar-refractivity contribution is 6.03. The molecule has 0 aliphatic carbocycles. The Balaban J connectivity index is 1.55. The van der Waals surface area contributed by atoms with Gasteiger partial charge in [0.2, 0.25) is 11.6 Å². The topological polar surface area (TPSA) is 97.9 Å². The van der Waals surface area contributed by atoms with Crippen LogP contribution >= 0.6 is 0 Å². The lowest BCUT2D eigenvalue weighted by Crippen LogP contribution is -2.43. The van der Waals surface area contributed by atoms with E-state index >= 15 is 0 Å². The molecule has 2 aromatic carbocycles. The summed E-state index contributed by atoms with van der Waals surface area (Å²) in [5.41, 5.74) is 3.20. The van der Waals surface area contributed by atoms with E-state index in [-0.39, 0.29) is 18.6 Å². The van der Waals surface area contributed by atoms with Gasteiger partial charge in [0.05, 0.1) is 7.11 Å². The summed E-state index contributed by atoms with van der Waals surface area (Å²) in [5, 5.41) is 9.86. The molecule has 5 rings (SSSR count). The first kappa shape index (κ1) is 23.8. The van der Waals surface area contributed by atoms with Crippen LogP contribution in [0.25, 0.3) is 33.6 Å². The second kappa shape index (κ2) is 10.4. The minimum absolute atomic E-state index is 0.0862. The van der Waals surface area contributed by atoms with E-state index in [1.165, 1.54) is 6.33 Å². The second-order valence-electron chi connectivity index (χ2n) is 9.09. The molecular formula is C28H29N3O5. The van der Waals surface area contributed by atoms with Crippen LogP contribution in [0, 0.1) is 0 Å².